The van der Waals surface area contributed by atoms with Crippen LogP contribution in [0.4, 0.5) is 11.4 Å². The quantitative estimate of drug-likeness (QED) is 0.389. The van der Waals surface area contributed by atoms with Crippen molar-refractivity contribution in [3.63, 3.8) is 0 Å². The highest BCUT2D eigenvalue weighted by Gasteiger charge is 2.25. The number of aromatic nitrogens is 4. The maximum Gasteiger partial charge on any atom is 0.116 e. The minimum Gasteiger partial charge on any atom is -0.357 e. The molecule has 0 aliphatic heterocycles. The van der Waals surface area contributed by atoms with Gasteiger partial charge in [0.05, 0.1) is 28.8 Å². The lowest BCUT2D eigenvalue weighted by molar-refractivity contribution is 1.02. The fourth-order valence-corrected chi connectivity index (χ4v) is 3.49. The Morgan fingerprint density at radius 2 is 1.80 bits per heavy atom. The van der Waals surface area contributed by atoms with Gasteiger partial charge < -0.3 is 10.6 Å². The Labute approximate surface area is 174 Å². The van der Waals surface area contributed by atoms with Crippen molar-refractivity contribution in [1.82, 2.24) is 20.2 Å². The molecule has 0 unspecified atom stereocenters. The summed E-state index contributed by atoms with van der Waals surface area (Å²) < 4.78 is 0. The van der Waals surface area contributed by atoms with Gasteiger partial charge in [0.15, 0.2) is 0 Å². The van der Waals surface area contributed by atoms with E-state index in [1.165, 1.54) is 12.8 Å². The van der Waals surface area contributed by atoms with E-state index in [-0.39, 0.29) is 0 Å². The van der Waals surface area contributed by atoms with Crippen molar-refractivity contribution in [2.45, 2.75) is 12.8 Å². The van der Waals surface area contributed by atoms with Crippen molar-refractivity contribution in [3.8, 4) is 11.1 Å². The second-order valence-corrected chi connectivity index (χ2v) is 7.52. The molecule has 148 valence electrons. The van der Waals surface area contributed by atoms with E-state index < -0.39 is 0 Å². The lowest BCUT2D eigenvalue weighted by Gasteiger charge is -2.15. The lowest BCUT2D eigenvalue weighted by Crippen LogP contribution is -2.05. The number of hydrogen-bond donors (Lipinski definition) is 3. The van der Waals surface area contributed by atoms with Gasteiger partial charge in [-0.25, -0.2) is 0 Å². The number of fused-ring (bicyclic) bond motifs is 1. The zero-order chi connectivity index (χ0) is 20.5. The Kier molecular flexibility index (Phi) is 4.52. The third-order valence-electron chi connectivity index (χ3n) is 5.32. The van der Waals surface area contributed by atoms with Gasteiger partial charge in [0.2, 0.25) is 0 Å². The number of H-pyrrole nitrogens is 1. The van der Waals surface area contributed by atoms with Gasteiger partial charge in [-0.15, -0.1) is 0 Å². The standard InChI is InChI=1S/C24H22N6/c1-15(17-5-6-17)27-22-9-11-26-14-23(22)28-16(2)24-20-12-18(7-8-21(20)29-30-24)19-4-3-10-25-13-19/h3-4,7-14,17,28H,1-2,5-6H2,(H,26,27)(H,29,30). The predicted molar refractivity (Wildman–Crippen MR) is 122 cm³/mol. The molecule has 1 aromatic carbocycles. The van der Waals surface area contributed by atoms with Crippen molar-refractivity contribution in [2.75, 3.05) is 10.6 Å². The van der Waals surface area contributed by atoms with E-state index in [1.54, 1.807) is 18.6 Å². The van der Waals surface area contributed by atoms with Crippen LogP contribution in [0.15, 0.2) is 80.0 Å². The first-order valence-corrected chi connectivity index (χ1v) is 9.94. The van der Waals surface area contributed by atoms with Crippen LogP contribution >= 0.6 is 0 Å². The molecule has 5 rings (SSSR count). The summed E-state index contributed by atoms with van der Waals surface area (Å²) in [6, 6.07) is 12.1. The topological polar surface area (TPSA) is 78.5 Å². The molecule has 0 radical (unpaired) electrons. The van der Waals surface area contributed by atoms with Crippen LogP contribution in [-0.2, 0) is 0 Å². The smallest absolute Gasteiger partial charge is 0.116 e. The molecule has 3 N–H and O–H groups in total. The normalized spacial score (nSPS) is 13.2. The molecule has 3 aromatic heterocycles. The van der Waals surface area contributed by atoms with Gasteiger partial charge in [-0.1, -0.05) is 25.3 Å². The highest BCUT2D eigenvalue weighted by atomic mass is 15.1. The summed E-state index contributed by atoms with van der Waals surface area (Å²) >= 11 is 0. The van der Waals surface area contributed by atoms with Gasteiger partial charge in [-0.2, -0.15) is 5.10 Å². The molecule has 1 saturated carbocycles. The van der Waals surface area contributed by atoms with Gasteiger partial charge in [-0.05, 0) is 48.6 Å². The van der Waals surface area contributed by atoms with E-state index in [0.29, 0.717) is 11.6 Å². The summed E-state index contributed by atoms with van der Waals surface area (Å²) in [5.74, 6) is 0.565. The summed E-state index contributed by atoms with van der Waals surface area (Å²) in [7, 11) is 0. The van der Waals surface area contributed by atoms with E-state index in [2.05, 4.69) is 56.1 Å². The molecule has 4 aromatic rings. The van der Waals surface area contributed by atoms with Crippen LogP contribution in [0.5, 0.6) is 0 Å². The van der Waals surface area contributed by atoms with Gasteiger partial charge in [0.25, 0.3) is 0 Å². The van der Waals surface area contributed by atoms with E-state index >= 15 is 0 Å². The lowest BCUT2D eigenvalue weighted by atomic mass is 10.0. The van der Waals surface area contributed by atoms with Crippen LogP contribution < -0.4 is 10.6 Å². The first kappa shape index (κ1) is 18.1. The highest BCUT2D eigenvalue weighted by molar-refractivity contribution is 5.95. The molecule has 0 amide bonds. The molecular formula is C24H22N6. The number of rotatable bonds is 7. The molecule has 6 heteroatoms. The summed E-state index contributed by atoms with van der Waals surface area (Å²) in [5.41, 5.74) is 7.36. The van der Waals surface area contributed by atoms with E-state index in [9.17, 15) is 0 Å². The number of anilines is 2. The minimum atomic E-state index is 0.565. The Bertz CT molecular complexity index is 1240. The third kappa shape index (κ3) is 3.55. The number of allylic oxidation sites excluding steroid dienone is 1. The Morgan fingerprint density at radius 1 is 0.933 bits per heavy atom. The van der Waals surface area contributed by atoms with E-state index in [1.807, 2.05) is 30.5 Å². The molecule has 0 saturated heterocycles. The second-order valence-electron chi connectivity index (χ2n) is 7.52. The molecule has 1 aliphatic rings. The van der Waals surface area contributed by atoms with Crippen molar-refractivity contribution < 1.29 is 0 Å². The molecule has 30 heavy (non-hydrogen) atoms. The van der Waals surface area contributed by atoms with Crippen LogP contribution in [0, 0.1) is 5.92 Å². The summed E-state index contributed by atoms with van der Waals surface area (Å²) in [6.45, 7) is 8.39. The number of benzene rings is 1. The van der Waals surface area contributed by atoms with Crippen molar-refractivity contribution in [1.29, 1.82) is 0 Å². The molecular weight excluding hydrogens is 372 g/mol. The van der Waals surface area contributed by atoms with Gasteiger partial charge in [-0.3, -0.25) is 15.1 Å². The fraction of sp³-hybridized carbons (Fsp3) is 0.125. The van der Waals surface area contributed by atoms with Crippen LogP contribution in [0.3, 0.4) is 0 Å². The zero-order valence-electron chi connectivity index (χ0n) is 16.5. The number of pyridine rings is 2. The van der Waals surface area contributed by atoms with Crippen LogP contribution in [0.1, 0.15) is 18.5 Å². The Balaban J connectivity index is 1.44. The second kappa shape index (κ2) is 7.48. The summed E-state index contributed by atoms with van der Waals surface area (Å²) in [6.07, 6.45) is 9.57. The van der Waals surface area contributed by atoms with Crippen molar-refractivity contribution in [3.05, 3.63) is 85.7 Å². The van der Waals surface area contributed by atoms with Crippen LogP contribution in [-0.4, -0.2) is 20.2 Å². The van der Waals surface area contributed by atoms with Gasteiger partial charge in [0, 0.05) is 35.2 Å². The molecule has 0 atom stereocenters. The molecule has 6 nitrogen and oxygen atoms in total. The average Bonchev–Trinajstić information content (AvgIpc) is 3.55. The van der Waals surface area contributed by atoms with Gasteiger partial charge in [0.1, 0.15) is 5.69 Å². The largest absolute Gasteiger partial charge is 0.357 e. The van der Waals surface area contributed by atoms with Crippen LogP contribution in [0.2, 0.25) is 0 Å². The van der Waals surface area contributed by atoms with E-state index in [4.69, 9.17) is 0 Å². The fourth-order valence-electron chi connectivity index (χ4n) is 3.49. The molecule has 0 bridgehead atoms. The molecule has 0 spiro atoms. The average molecular weight is 394 g/mol. The highest BCUT2D eigenvalue weighted by Crippen LogP contribution is 2.37. The number of aromatic amines is 1. The zero-order valence-corrected chi connectivity index (χ0v) is 16.5. The SMILES string of the molecule is C=C(Nc1cnccc1NC(=C)C1CC1)c1n[nH]c2ccc(-c3cccnc3)cc12. The minimum absolute atomic E-state index is 0.565. The first-order chi connectivity index (χ1) is 14.7. The van der Waals surface area contributed by atoms with Crippen molar-refractivity contribution >= 4 is 28.0 Å². The molecule has 3 heterocycles. The molecule has 1 fully saturated rings. The van der Waals surface area contributed by atoms with E-state index in [0.717, 1.165) is 44.8 Å². The number of nitrogens with one attached hydrogen (secondary N) is 3. The van der Waals surface area contributed by atoms with Crippen molar-refractivity contribution in [2.24, 2.45) is 5.92 Å². The maximum atomic E-state index is 4.49. The summed E-state index contributed by atoms with van der Waals surface area (Å²) in [4.78, 5) is 8.47. The number of hydrogen-bond acceptors (Lipinski definition) is 5. The van der Waals surface area contributed by atoms with Crippen LogP contribution in [0.25, 0.3) is 27.7 Å². The first-order valence-electron chi connectivity index (χ1n) is 9.94. The summed E-state index contributed by atoms with van der Waals surface area (Å²) in [5, 5.41) is 15.4. The predicted octanol–water partition coefficient (Wildman–Crippen LogP) is 5.44. The third-order valence-corrected chi connectivity index (χ3v) is 5.32. The van der Waals surface area contributed by atoms with Gasteiger partial charge >= 0.3 is 0 Å². The molecule has 1 aliphatic carbocycles. The Morgan fingerprint density at radius 3 is 2.60 bits per heavy atom. The maximum absolute atomic E-state index is 4.49. The monoisotopic (exact) mass is 394 g/mol. The number of nitrogens with zero attached hydrogens (tertiary/aromatic N) is 3. The Hall–Kier alpha value is -3.93.